The highest BCUT2D eigenvalue weighted by atomic mass is 16.3. The van der Waals surface area contributed by atoms with Crippen LogP contribution >= 0.6 is 0 Å². The first-order valence-corrected chi connectivity index (χ1v) is 7.11. The zero-order chi connectivity index (χ0) is 14.8. The fourth-order valence-corrected chi connectivity index (χ4v) is 2.81. The van der Waals surface area contributed by atoms with Crippen molar-refractivity contribution in [3.05, 3.63) is 35.6 Å². The number of furan rings is 1. The molecule has 1 aliphatic heterocycles. The second-order valence-corrected chi connectivity index (χ2v) is 5.38. The number of aliphatic hydroxyl groups excluding tert-OH is 1. The van der Waals surface area contributed by atoms with Gasteiger partial charge in [-0.05, 0) is 18.9 Å². The molecule has 21 heavy (non-hydrogen) atoms. The van der Waals surface area contributed by atoms with Gasteiger partial charge in [0.1, 0.15) is 11.3 Å². The van der Waals surface area contributed by atoms with E-state index in [1.165, 1.54) is 0 Å². The van der Waals surface area contributed by atoms with Gasteiger partial charge in [-0.15, -0.1) is 0 Å². The minimum absolute atomic E-state index is 0.219. The third kappa shape index (κ3) is 2.78. The molecule has 1 amide bonds. The van der Waals surface area contributed by atoms with Crippen molar-refractivity contribution in [2.75, 3.05) is 13.1 Å². The molecule has 1 aromatic carbocycles. The molecule has 112 valence electrons. The summed E-state index contributed by atoms with van der Waals surface area (Å²) in [5.74, 6) is 5.57. The number of carbonyl (C=O) groups excluding carboxylic acids is 1. The summed E-state index contributed by atoms with van der Waals surface area (Å²) in [6, 6.07) is 7.43. The molecule has 2 heterocycles. The van der Waals surface area contributed by atoms with Crippen molar-refractivity contribution in [1.82, 2.24) is 10.3 Å². The minimum atomic E-state index is -0.341. The Morgan fingerprint density at radius 2 is 2.10 bits per heavy atom. The predicted octanol–water partition coefficient (Wildman–Crippen LogP) is 0.993. The number of benzene rings is 1. The summed E-state index contributed by atoms with van der Waals surface area (Å²) in [4.78, 5) is 14.2. The Bertz CT molecular complexity index is 645. The number of carbonyl (C=O) groups is 1. The van der Waals surface area contributed by atoms with E-state index in [0.717, 1.165) is 31.3 Å². The largest absolute Gasteiger partial charge is 0.459 e. The summed E-state index contributed by atoms with van der Waals surface area (Å²) in [6.07, 6.45) is 1.28. The van der Waals surface area contributed by atoms with E-state index in [2.05, 4.69) is 10.3 Å². The highest BCUT2D eigenvalue weighted by Crippen LogP contribution is 2.27. The van der Waals surface area contributed by atoms with Crippen molar-refractivity contribution in [3.8, 4) is 0 Å². The quantitative estimate of drug-likeness (QED) is 0.445. The summed E-state index contributed by atoms with van der Waals surface area (Å²) in [6.45, 7) is 2.13. The maximum atomic E-state index is 12.0. The first-order chi connectivity index (χ1) is 10.2. The van der Waals surface area contributed by atoms with Crippen LogP contribution in [0.15, 0.2) is 28.7 Å². The van der Waals surface area contributed by atoms with Gasteiger partial charge in [0.25, 0.3) is 5.91 Å². The van der Waals surface area contributed by atoms with E-state index < -0.39 is 0 Å². The van der Waals surface area contributed by atoms with Gasteiger partial charge < -0.3 is 9.52 Å². The van der Waals surface area contributed by atoms with E-state index in [9.17, 15) is 9.90 Å². The van der Waals surface area contributed by atoms with Crippen LogP contribution in [-0.2, 0) is 6.54 Å². The zero-order valence-corrected chi connectivity index (χ0v) is 11.7. The molecule has 0 bridgehead atoms. The molecule has 0 unspecified atom stereocenters. The smallest absolute Gasteiger partial charge is 0.269 e. The minimum Gasteiger partial charge on any atom is -0.459 e. The Hall–Kier alpha value is -1.89. The molecule has 4 N–H and O–H groups in total. The van der Waals surface area contributed by atoms with Gasteiger partial charge >= 0.3 is 0 Å². The van der Waals surface area contributed by atoms with Gasteiger partial charge in [0.15, 0.2) is 0 Å². The molecule has 1 saturated heterocycles. The van der Waals surface area contributed by atoms with Gasteiger partial charge in [0.2, 0.25) is 0 Å². The number of fused-ring (bicyclic) bond motifs is 1. The van der Waals surface area contributed by atoms with Crippen LogP contribution < -0.4 is 11.3 Å². The van der Waals surface area contributed by atoms with Crippen LogP contribution in [0.4, 0.5) is 0 Å². The normalized spacial score (nSPS) is 17.2. The third-order valence-electron chi connectivity index (χ3n) is 3.95. The van der Waals surface area contributed by atoms with Crippen LogP contribution in [0.3, 0.4) is 0 Å². The van der Waals surface area contributed by atoms with Gasteiger partial charge in [-0.2, -0.15) is 0 Å². The van der Waals surface area contributed by atoms with Crippen molar-refractivity contribution in [2.45, 2.75) is 25.5 Å². The van der Waals surface area contributed by atoms with Crippen LogP contribution in [-0.4, -0.2) is 35.1 Å². The first-order valence-electron chi connectivity index (χ1n) is 7.11. The predicted molar refractivity (Wildman–Crippen MR) is 78.4 cm³/mol. The second-order valence-electron chi connectivity index (χ2n) is 5.38. The number of hydrogen-bond donors (Lipinski definition) is 3. The Morgan fingerprint density at radius 1 is 1.38 bits per heavy atom. The molecule has 0 aliphatic carbocycles. The molecule has 0 saturated carbocycles. The van der Waals surface area contributed by atoms with Crippen molar-refractivity contribution in [2.24, 2.45) is 5.84 Å². The van der Waals surface area contributed by atoms with Crippen molar-refractivity contribution in [1.29, 1.82) is 0 Å². The average molecular weight is 289 g/mol. The van der Waals surface area contributed by atoms with Crippen LogP contribution in [0, 0.1) is 0 Å². The van der Waals surface area contributed by atoms with Crippen molar-refractivity contribution < 1.29 is 14.3 Å². The number of nitrogens with two attached hydrogens (primary N) is 1. The van der Waals surface area contributed by atoms with Crippen LogP contribution in [0.2, 0.25) is 0 Å². The standard InChI is InChI=1S/C15H19N3O3/c16-17-15(20)14-11-3-1-2-4-12(11)21-13(14)9-18-7-5-10(19)6-8-18/h1-4,10,19H,5-9,16H2,(H,17,20). The molecular weight excluding hydrogens is 270 g/mol. The molecule has 1 fully saturated rings. The van der Waals surface area contributed by atoms with Crippen molar-refractivity contribution >= 4 is 16.9 Å². The fraction of sp³-hybridized carbons (Fsp3) is 0.400. The lowest BCUT2D eigenvalue weighted by Gasteiger charge is -2.28. The Kier molecular flexibility index (Phi) is 3.92. The van der Waals surface area contributed by atoms with E-state index in [4.69, 9.17) is 10.3 Å². The van der Waals surface area contributed by atoms with Gasteiger partial charge in [-0.3, -0.25) is 15.1 Å². The topological polar surface area (TPSA) is 91.7 Å². The third-order valence-corrected chi connectivity index (χ3v) is 3.95. The number of likely N-dealkylation sites (tertiary alicyclic amines) is 1. The van der Waals surface area contributed by atoms with Crippen LogP contribution in [0.1, 0.15) is 29.0 Å². The number of hydrazine groups is 1. The van der Waals surface area contributed by atoms with Gasteiger partial charge in [-0.25, -0.2) is 5.84 Å². The number of para-hydroxylation sites is 1. The fourth-order valence-electron chi connectivity index (χ4n) is 2.81. The summed E-state index contributed by atoms with van der Waals surface area (Å²) in [5.41, 5.74) is 3.37. The molecule has 2 aromatic rings. The van der Waals surface area contributed by atoms with Crippen molar-refractivity contribution in [3.63, 3.8) is 0 Å². The number of nitrogens with zero attached hydrogens (tertiary/aromatic N) is 1. The highest BCUT2D eigenvalue weighted by molar-refractivity contribution is 6.07. The Labute approximate surface area is 122 Å². The average Bonchev–Trinajstić information content (AvgIpc) is 2.86. The maximum absolute atomic E-state index is 12.0. The molecule has 0 atom stereocenters. The highest BCUT2D eigenvalue weighted by Gasteiger charge is 2.24. The van der Waals surface area contributed by atoms with E-state index in [1.807, 2.05) is 24.3 Å². The van der Waals surface area contributed by atoms with Crippen LogP contribution in [0.25, 0.3) is 11.0 Å². The van der Waals surface area contributed by atoms with Gasteiger partial charge in [-0.1, -0.05) is 18.2 Å². The number of rotatable bonds is 3. The number of aliphatic hydroxyl groups is 1. The molecule has 0 spiro atoms. The second kappa shape index (κ2) is 5.85. The van der Waals surface area contributed by atoms with Crippen LogP contribution in [0.5, 0.6) is 0 Å². The first kappa shape index (κ1) is 14.1. The SMILES string of the molecule is NNC(=O)c1c(CN2CCC(O)CC2)oc2ccccc12. The molecule has 1 aromatic heterocycles. The molecule has 3 rings (SSSR count). The summed E-state index contributed by atoms with van der Waals surface area (Å²) >= 11 is 0. The lowest BCUT2D eigenvalue weighted by Crippen LogP contribution is -2.36. The molecule has 6 heteroatoms. The lowest BCUT2D eigenvalue weighted by molar-refractivity contribution is 0.0755. The maximum Gasteiger partial charge on any atom is 0.269 e. The molecular formula is C15H19N3O3. The monoisotopic (exact) mass is 289 g/mol. The van der Waals surface area contributed by atoms with E-state index in [1.54, 1.807) is 0 Å². The van der Waals surface area contributed by atoms with E-state index >= 15 is 0 Å². The summed E-state index contributed by atoms with van der Waals surface area (Å²) in [5, 5.41) is 10.3. The molecule has 0 radical (unpaired) electrons. The van der Waals surface area contributed by atoms with E-state index in [-0.39, 0.29) is 12.0 Å². The Balaban J connectivity index is 1.92. The summed E-state index contributed by atoms with van der Waals surface area (Å²) < 4.78 is 5.83. The zero-order valence-electron chi connectivity index (χ0n) is 11.7. The van der Waals surface area contributed by atoms with E-state index in [0.29, 0.717) is 23.5 Å². The van der Waals surface area contributed by atoms with Gasteiger partial charge in [0.05, 0.1) is 18.2 Å². The number of piperidine rings is 1. The summed E-state index contributed by atoms with van der Waals surface area (Å²) in [7, 11) is 0. The Morgan fingerprint density at radius 3 is 2.81 bits per heavy atom. The van der Waals surface area contributed by atoms with Gasteiger partial charge in [0, 0.05) is 18.5 Å². The number of amides is 1. The molecule has 1 aliphatic rings. The number of nitrogen functional groups attached to an aromatic ring is 1. The number of nitrogens with one attached hydrogen (secondary N) is 1. The molecule has 6 nitrogen and oxygen atoms in total. The number of hydrogen-bond acceptors (Lipinski definition) is 5. The lowest BCUT2D eigenvalue weighted by atomic mass is 10.1.